The second-order valence-electron chi connectivity index (χ2n) is 5.20. The molecule has 1 amide bonds. The number of carbonyl (C=O) groups excluding carboxylic acids is 1. The second-order valence-corrected chi connectivity index (χ2v) is 5.20. The van der Waals surface area contributed by atoms with E-state index in [1.165, 1.54) is 18.2 Å². The number of halogens is 1. The average Bonchev–Trinajstić information content (AvgIpc) is 2.54. The number of benzene rings is 2. The number of hydrogen-bond donors (Lipinski definition) is 1. The Bertz CT molecular complexity index is 701. The summed E-state index contributed by atoms with van der Waals surface area (Å²) in [5.74, 6) is 0.498. The Labute approximate surface area is 135 Å². The minimum absolute atomic E-state index is 0.155. The molecule has 0 heterocycles. The van der Waals surface area contributed by atoms with Gasteiger partial charge in [0.05, 0.1) is 7.11 Å². The van der Waals surface area contributed by atoms with Crippen LogP contribution >= 0.6 is 0 Å². The van der Waals surface area contributed by atoms with Crippen molar-refractivity contribution < 1.29 is 18.7 Å². The zero-order chi connectivity index (χ0) is 16.8. The van der Waals surface area contributed by atoms with E-state index >= 15 is 0 Å². The van der Waals surface area contributed by atoms with Gasteiger partial charge in [-0.3, -0.25) is 4.79 Å². The van der Waals surface area contributed by atoms with Crippen LogP contribution in [0.1, 0.15) is 16.7 Å². The van der Waals surface area contributed by atoms with Gasteiger partial charge in [-0.2, -0.15) is 0 Å². The smallest absolute Gasteiger partial charge is 0.258 e. The molecule has 0 saturated heterocycles. The molecule has 1 N–H and O–H groups in total. The molecule has 0 spiro atoms. The fourth-order valence-electron chi connectivity index (χ4n) is 2.22. The normalized spacial score (nSPS) is 10.3. The lowest BCUT2D eigenvalue weighted by atomic mass is 10.0. The summed E-state index contributed by atoms with van der Waals surface area (Å²) in [7, 11) is 1.63. The molecule has 0 aliphatic carbocycles. The van der Waals surface area contributed by atoms with Gasteiger partial charge in [0, 0.05) is 12.6 Å². The van der Waals surface area contributed by atoms with Crippen LogP contribution in [-0.2, 0) is 11.3 Å². The predicted octanol–water partition coefficient (Wildman–Crippen LogP) is 3.15. The molecule has 2 rings (SSSR count). The molecule has 0 radical (unpaired) electrons. The standard InChI is InChI=1S/C18H20FNO3/c1-12-13(2)17(22-3)8-7-14(12)10-20-18(21)11-23-16-6-4-5-15(19)9-16/h4-9H,10-11H2,1-3H3,(H,20,21). The highest BCUT2D eigenvalue weighted by Crippen LogP contribution is 2.23. The minimum Gasteiger partial charge on any atom is -0.496 e. The predicted molar refractivity (Wildman–Crippen MR) is 86.2 cm³/mol. The van der Waals surface area contributed by atoms with E-state index in [9.17, 15) is 9.18 Å². The van der Waals surface area contributed by atoms with E-state index in [1.54, 1.807) is 13.2 Å². The number of ether oxygens (including phenoxy) is 2. The summed E-state index contributed by atoms with van der Waals surface area (Å²) in [6.45, 7) is 4.22. The van der Waals surface area contributed by atoms with Gasteiger partial charge >= 0.3 is 0 Å². The first-order chi connectivity index (χ1) is 11.0. The van der Waals surface area contributed by atoms with E-state index in [-0.39, 0.29) is 12.5 Å². The molecule has 122 valence electrons. The van der Waals surface area contributed by atoms with Crippen LogP contribution in [0.2, 0.25) is 0 Å². The highest BCUT2D eigenvalue weighted by Gasteiger charge is 2.08. The first-order valence-corrected chi connectivity index (χ1v) is 7.29. The minimum atomic E-state index is -0.396. The van der Waals surface area contributed by atoms with Crippen molar-refractivity contribution in [2.45, 2.75) is 20.4 Å². The molecule has 0 saturated carbocycles. The maximum Gasteiger partial charge on any atom is 0.258 e. The van der Waals surface area contributed by atoms with Crippen LogP contribution in [0, 0.1) is 19.7 Å². The van der Waals surface area contributed by atoms with E-state index in [1.807, 2.05) is 26.0 Å². The van der Waals surface area contributed by atoms with Gasteiger partial charge in [0.2, 0.25) is 0 Å². The lowest BCUT2D eigenvalue weighted by molar-refractivity contribution is -0.123. The Hall–Kier alpha value is -2.56. The lowest BCUT2D eigenvalue weighted by Crippen LogP contribution is -2.28. The van der Waals surface area contributed by atoms with Crippen molar-refractivity contribution in [2.75, 3.05) is 13.7 Å². The number of rotatable bonds is 6. The third kappa shape index (κ3) is 4.45. The molecule has 23 heavy (non-hydrogen) atoms. The molecule has 0 bridgehead atoms. The topological polar surface area (TPSA) is 47.6 Å². The summed E-state index contributed by atoms with van der Waals surface area (Å²) in [6.07, 6.45) is 0. The third-order valence-corrected chi connectivity index (χ3v) is 3.71. The Balaban J connectivity index is 1.88. The lowest BCUT2D eigenvalue weighted by Gasteiger charge is -2.13. The van der Waals surface area contributed by atoms with Crippen molar-refractivity contribution in [2.24, 2.45) is 0 Å². The highest BCUT2D eigenvalue weighted by molar-refractivity contribution is 5.77. The summed E-state index contributed by atoms with van der Waals surface area (Å²) in [5.41, 5.74) is 3.15. The van der Waals surface area contributed by atoms with Crippen LogP contribution in [0.15, 0.2) is 36.4 Å². The number of amides is 1. The Kier molecular flexibility index (Phi) is 5.57. The second kappa shape index (κ2) is 7.63. The molecule has 0 atom stereocenters. The third-order valence-electron chi connectivity index (χ3n) is 3.71. The maximum absolute atomic E-state index is 13.0. The van der Waals surface area contributed by atoms with Gasteiger partial charge in [0.25, 0.3) is 5.91 Å². The van der Waals surface area contributed by atoms with Crippen molar-refractivity contribution in [3.05, 3.63) is 58.9 Å². The van der Waals surface area contributed by atoms with Gasteiger partial charge in [-0.15, -0.1) is 0 Å². The summed E-state index contributed by atoms with van der Waals surface area (Å²) in [5, 5.41) is 2.79. The molecule has 0 aliphatic rings. The first kappa shape index (κ1) is 16.8. The summed E-state index contributed by atoms with van der Waals surface area (Å²) < 4.78 is 23.5. The molecule has 0 aromatic heterocycles. The van der Waals surface area contributed by atoms with Crippen molar-refractivity contribution in [3.8, 4) is 11.5 Å². The molecule has 2 aromatic rings. The monoisotopic (exact) mass is 317 g/mol. The van der Waals surface area contributed by atoms with Crippen LogP contribution in [0.25, 0.3) is 0 Å². The molecule has 0 aliphatic heterocycles. The van der Waals surface area contributed by atoms with E-state index < -0.39 is 5.82 Å². The largest absolute Gasteiger partial charge is 0.496 e. The van der Waals surface area contributed by atoms with Crippen LogP contribution < -0.4 is 14.8 Å². The van der Waals surface area contributed by atoms with Crippen molar-refractivity contribution in [1.82, 2.24) is 5.32 Å². The van der Waals surface area contributed by atoms with Gasteiger partial charge in [-0.25, -0.2) is 4.39 Å². The molecule has 4 nitrogen and oxygen atoms in total. The van der Waals surface area contributed by atoms with Gasteiger partial charge in [0.15, 0.2) is 6.61 Å². The number of methoxy groups -OCH3 is 1. The fraction of sp³-hybridized carbons (Fsp3) is 0.278. The fourth-order valence-corrected chi connectivity index (χ4v) is 2.22. The molecule has 0 fully saturated rings. The Morgan fingerprint density at radius 3 is 2.65 bits per heavy atom. The highest BCUT2D eigenvalue weighted by atomic mass is 19.1. The SMILES string of the molecule is COc1ccc(CNC(=O)COc2cccc(F)c2)c(C)c1C. The first-order valence-electron chi connectivity index (χ1n) is 7.29. The van der Waals surface area contributed by atoms with E-state index in [0.717, 1.165) is 22.4 Å². The Morgan fingerprint density at radius 2 is 1.96 bits per heavy atom. The van der Waals surface area contributed by atoms with E-state index in [4.69, 9.17) is 9.47 Å². The molecule has 5 heteroatoms. The zero-order valence-corrected chi connectivity index (χ0v) is 13.5. The molecular weight excluding hydrogens is 297 g/mol. The van der Waals surface area contributed by atoms with Crippen LogP contribution in [0.5, 0.6) is 11.5 Å². The Morgan fingerprint density at radius 1 is 1.17 bits per heavy atom. The van der Waals surface area contributed by atoms with Gasteiger partial charge in [-0.05, 0) is 48.7 Å². The van der Waals surface area contributed by atoms with Crippen molar-refractivity contribution in [1.29, 1.82) is 0 Å². The van der Waals surface area contributed by atoms with Crippen LogP contribution in [0.3, 0.4) is 0 Å². The van der Waals surface area contributed by atoms with E-state index in [2.05, 4.69) is 5.32 Å². The summed E-state index contributed by atoms with van der Waals surface area (Å²) in [6, 6.07) is 9.51. The van der Waals surface area contributed by atoms with E-state index in [0.29, 0.717) is 12.3 Å². The van der Waals surface area contributed by atoms with Crippen molar-refractivity contribution in [3.63, 3.8) is 0 Å². The summed E-state index contributed by atoms with van der Waals surface area (Å²) >= 11 is 0. The number of hydrogen-bond acceptors (Lipinski definition) is 3. The van der Waals surface area contributed by atoms with Crippen LogP contribution in [0.4, 0.5) is 4.39 Å². The van der Waals surface area contributed by atoms with Gasteiger partial charge in [-0.1, -0.05) is 12.1 Å². The molecular formula is C18H20FNO3. The molecule has 2 aromatic carbocycles. The number of carbonyl (C=O) groups is 1. The molecule has 0 unspecified atom stereocenters. The quantitative estimate of drug-likeness (QED) is 0.890. The zero-order valence-electron chi connectivity index (χ0n) is 13.5. The maximum atomic E-state index is 13.0. The van der Waals surface area contributed by atoms with Crippen LogP contribution in [-0.4, -0.2) is 19.6 Å². The van der Waals surface area contributed by atoms with Gasteiger partial charge < -0.3 is 14.8 Å². The van der Waals surface area contributed by atoms with Gasteiger partial charge in [0.1, 0.15) is 17.3 Å². The summed E-state index contributed by atoms with van der Waals surface area (Å²) in [4.78, 5) is 11.8. The van der Waals surface area contributed by atoms with Crippen molar-refractivity contribution >= 4 is 5.91 Å². The average molecular weight is 317 g/mol. The number of nitrogens with one attached hydrogen (secondary N) is 1.